The van der Waals surface area contributed by atoms with Crippen LogP contribution in [0.3, 0.4) is 0 Å². The van der Waals surface area contributed by atoms with E-state index in [0.717, 1.165) is 17.9 Å². The van der Waals surface area contributed by atoms with Gasteiger partial charge in [-0.05, 0) is 23.7 Å². The normalized spacial score (nSPS) is 12.5. The van der Waals surface area contributed by atoms with Crippen LogP contribution in [-0.4, -0.2) is 17.9 Å². The fraction of sp³-hybridized carbons (Fsp3) is 0.500. The standard InChI is InChI=1S/C8H15NOS/c1-4-11-7(2)5-6-9-8(3)10/h4,8-10H,1-2,5-6H2,3H3. The van der Waals surface area contributed by atoms with E-state index in [2.05, 4.69) is 18.5 Å². The number of aliphatic hydroxyl groups is 1. The van der Waals surface area contributed by atoms with Gasteiger partial charge >= 0.3 is 0 Å². The van der Waals surface area contributed by atoms with Gasteiger partial charge in [0.25, 0.3) is 0 Å². The maximum Gasteiger partial charge on any atom is 0.102 e. The van der Waals surface area contributed by atoms with Crippen molar-refractivity contribution in [3.8, 4) is 0 Å². The third kappa shape index (κ3) is 7.65. The van der Waals surface area contributed by atoms with Crippen LogP contribution >= 0.6 is 11.8 Å². The largest absolute Gasteiger partial charge is 0.379 e. The smallest absolute Gasteiger partial charge is 0.102 e. The molecule has 3 heteroatoms. The van der Waals surface area contributed by atoms with Gasteiger partial charge in [-0.25, -0.2) is 0 Å². The Morgan fingerprint density at radius 3 is 2.91 bits per heavy atom. The van der Waals surface area contributed by atoms with E-state index in [-0.39, 0.29) is 0 Å². The second-order valence-corrected chi connectivity index (χ2v) is 3.35. The third-order valence-electron chi connectivity index (χ3n) is 1.09. The van der Waals surface area contributed by atoms with Gasteiger partial charge in [0.15, 0.2) is 0 Å². The minimum absolute atomic E-state index is 0.434. The van der Waals surface area contributed by atoms with Gasteiger partial charge in [-0.15, -0.1) is 11.8 Å². The maximum absolute atomic E-state index is 8.83. The van der Waals surface area contributed by atoms with Crippen LogP contribution in [0, 0.1) is 0 Å². The van der Waals surface area contributed by atoms with E-state index < -0.39 is 6.23 Å². The lowest BCUT2D eigenvalue weighted by molar-refractivity contribution is 0.158. The van der Waals surface area contributed by atoms with Crippen LogP contribution in [-0.2, 0) is 0 Å². The van der Waals surface area contributed by atoms with Crippen LogP contribution in [0.1, 0.15) is 13.3 Å². The van der Waals surface area contributed by atoms with Gasteiger partial charge in [0, 0.05) is 6.54 Å². The molecule has 0 bridgehead atoms. The Labute approximate surface area is 72.4 Å². The molecule has 1 atom stereocenters. The molecule has 64 valence electrons. The molecule has 0 aromatic heterocycles. The highest BCUT2D eigenvalue weighted by atomic mass is 32.2. The van der Waals surface area contributed by atoms with Crippen LogP contribution < -0.4 is 5.32 Å². The summed E-state index contributed by atoms with van der Waals surface area (Å²) in [6.45, 7) is 9.85. The molecule has 1 unspecified atom stereocenters. The van der Waals surface area contributed by atoms with Crippen molar-refractivity contribution in [2.24, 2.45) is 0 Å². The summed E-state index contributed by atoms with van der Waals surface area (Å²) < 4.78 is 0. The fourth-order valence-electron chi connectivity index (χ4n) is 0.597. The molecular formula is C8H15NOS. The first-order valence-corrected chi connectivity index (χ1v) is 4.41. The van der Waals surface area contributed by atoms with Gasteiger partial charge in [-0.3, -0.25) is 5.32 Å². The molecule has 0 spiro atoms. The highest BCUT2D eigenvalue weighted by molar-refractivity contribution is 8.05. The number of thioether (sulfide) groups is 1. The van der Waals surface area contributed by atoms with Crippen molar-refractivity contribution in [3.05, 3.63) is 23.5 Å². The Balaban J connectivity index is 3.24. The van der Waals surface area contributed by atoms with E-state index in [1.807, 2.05) is 0 Å². The maximum atomic E-state index is 8.83. The van der Waals surface area contributed by atoms with Crippen molar-refractivity contribution < 1.29 is 5.11 Å². The molecular weight excluding hydrogens is 158 g/mol. The SMILES string of the molecule is C=CSC(=C)CCNC(C)O. The molecule has 0 radical (unpaired) electrons. The quantitative estimate of drug-likeness (QED) is 0.600. The predicted octanol–water partition coefficient (Wildman–Crippen LogP) is 1.69. The first kappa shape index (κ1) is 10.8. The molecule has 0 aromatic rings. The van der Waals surface area contributed by atoms with Gasteiger partial charge in [-0.1, -0.05) is 13.2 Å². The number of hydrogen-bond donors (Lipinski definition) is 2. The molecule has 0 saturated carbocycles. The van der Waals surface area contributed by atoms with Crippen molar-refractivity contribution in [3.63, 3.8) is 0 Å². The highest BCUT2D eigenvalue weighted by Crippen LogP contribution is 2.16. The van der Waals surface area contributed by atoms with Crippen molar-refractivity contribution in [2.45, 2.75) is 19.6 Å². The molecule has 2 N–H and O–H groups in total. The Hall–Kier alpha value is -0.250. The average molecular weight is 173 g/mol. The number of hydrogen-bond acceptors (Lipinski definition) is 3. The molecule has 0 saturated heterocycles. The first-order chi connectivity index (χ1) is 5.16. The molecule has 2 nitrogen and oxygen atoms in total. The molecule has 11 heavy (non-hydrogen) atoms. The van der Waals surface area contributed by atoms with E-state index in [0.29, 0.717) is 0 Å². The lowest BCUT2D eigenvalue weighted by atomic mass is 10.4. The van der Waals surface area contributed by atoms with Crippen molar-refractivity contribution in [1.82, 2.24) is 5.32 Å². The third-order valence-corrected chi connectivity index (χ3v) is 1.80. The second-order valence-electron chi connectivity index (χ2n) is 2.20. The summed E-state index contributed by atoms with van der Waals surface area (Å²) in [5.41, 5.74) is 0. The molecule has 0 rings (SSSR count). The average Bonchev–Trinajstić information content (AvgIpc) is 1.87. The highest BCUT2D eigenvalue weighted by Gasteiger charge is 1.94. The van der Waals surface area contributed by atoms with Crippen LogP contribution in [0.25, 0.3) is 0 Å². The topological polar surface area (TPSA) is 32.3 Å². The Morgan fingerprint density at radius 2 is 2.45 bits per heavy atom. The molecule has 0 aromatic carbocycles. The van der Waals surface area contributed by atoms with E-state index in [4.69, 9.17) is 5.11 Å². The molecule has 0 aliphatic heterocycles. The lowest BCUT2D eigenvalue weighted by Gasteiger charge is -2.06. The van der Waals surface area contributed by atoms with Gasteiger partial charge in [-0.2, -0.15) is 0 Å². The predicted molar refractivity (Wildman–Crippen MR) is 51.2 cm³/mol. The van der Waals surface area contributed by atoms with Crippen molar-refractivity contribution in [1.29, 1.82) is 0 Å². The minimum Gasteiger partial charge on any atom is -0.379 e. The van der Waals surface area contributed by atoms with E-state index in [1.54, 1.807) is 12.3 Å². The lowest BCUT2D eigenvalue weighted by Crippen LogP contribution is -2.26. The zero-order chi connectivity index (χ0) is 8.69. The number of rotatable bonds is 6. The summed E-state index contributed by atoms with van der Waals surface area (Å²) >= 11 is 1.53. The van der Waals surface area contributed by atoms with E-state index >= 15 is 0 Å². The van der Waals surface area contributed by atoms with Crippen LogP contribution in [0.15, 0.2) is 23.5 Å². The monoisotopic (exact) mass is 173 g/mol. The Kier molecular flexibility index (Phi) is 6.31. The molecule has 0 heterocycles. The zero-order valence-corrected chi connectivity index (χ0v) is 7.66. The summed E-state index contributed by atoms with van der Waals surface area (Å²) in [6, 6.07) is 0. The van der Waals surface area contributed by atoms with Gasteiger partial charge in [0.2, 0.25) is 0 Å². The van der Waals surface area contributed by atoms with Crippen molar-refractivity contribution >= 4 is 11.8 Å². The summed E-state index contributed by atoms with van der Waals surface area (Å²) in [5, 5.41) is 13.5. The summed E-state index contributed by atoms with van der Waals surface area (Å²) in [4.78, 5) is 1.06. The number of nitrogens with one attached hydrogen (secondary N) is 1. The summed E-state index contributed by atoms with van der Waals surface area (Å²) in [5.74, 6) is 0. The number of aliphatic hydroxyl groups excluding tert-OH is 1. The van der Waals surface area contributed by atoms with Crippen LogP contribution in [0.5, 0.6) is 0 Å². The molecule has 0 aliphatic rings. The van der Waals surface area contributed by atoms with Gasteiger partial charge < -0.3 is 5.11 Å². The first-order valence-electron chi connectivity index (χ1n) is 3.53. The summed E-state index contributed by atoms with van der Waals surface area (Å²) in [6.07, 6.45) is 0.429. The Morgan fingerprint density at radius 1 is 1.82 bits per heavy atom. The summed E-state index contributed by atoms with van der Waals surface area (Å²) in [7, 11) is 0. The molecule has 0 aliphatic carbocycles. The van der Waals surface area contributed by atoms with Gasteiger partial charge in [0.1, 0.15) is 6.23 Å². The van der Waals surface area contributed by atoms with Crippen LogP contribution in [0.4, 0.5) is 0 Å². The van der Waals surface area contributed by atoms with Crippen molar-refractivity contribution in [2.75, 3.05) is 6.54 Å². The second kappa shape index (κ2) is 6.46. The zero-order valence-electron chi connectivity index (χ0n) is 6.84. The molecule has 0 amide bonds. The molecule has 0 fully saturated rings. The minimum atomic E-state index is -0.434. The van der Waals surface area contributed by atoms with E-state index in [9.17, 15) is 0 Å². The van der Waals surface area contributed by atoms with Gasteiger partial charge in [0.05, 0.1) is 0 Å². The fourth-order valence-corrected chi connectivity index (χ4v) is 1.05. The van der Waals surface area contributed by atoms with Crippen LogP contribution in [0.2, 0.25) is 0 Å². The van der Waals surface area contributed by atoms with E-state index in [1.165, 1.54) is 11.8 Å². The Bertz CT molecular complexity index is 134.